The Morgan fingerprint density at radius 1 is 1.24 bits per heavy atom. The van der Waals surface area contributed by atoms with Crippen LogP contribution < -0.4 is 16.0 Å². The minimum absolute atomic E-state index is 0.0963. The van der Waals surface area contributed by atoms with E-state index in [1.54, 1.807) is 38.1 Å². The molecule has 0 aliphatic carbocycles. The van der Waals surface area contributed by atoms with Gasteiger partial charge in [-0.25, -0.2) is 13.4 Å². The van der Waals surface area contributed by atoms with Gasteiger partial charge < -0.3 is 5.43 Å². The lowest BCUT2D eigenvalue weighted by atomic mass is 10.1. The fourth-order valence-corrected chi connectivity index (χ4v) is 3.81. The summed E-state index contributed by atoms with van der Waals surface area (Å²) in [6.45, 7) is 3.39. The van der Waals surface area contributed by atoms with Crippen molar-refractivity contribution in [1.29, 1.82) is 0 Å². The molecule has 0 bridgehead atoms. The average molecular weight is 327 g/mol. The highest BCUT2D eigenvalue weighted by Crippen LogP contribution is 2.27. The molecule has 8 heteroatoms. The summed E-state index contributed by atoms with van der Waals surface area (Å²) in [5, 5.41) is 0.233. The van der Waals surface area contributed by atoms with Gasteiger partial charge in [0, 0.05) is 11.9 Å². The molecule has 112 valence electrons. The zero-order valence-electron chi connectivity index (χ0n) is 11.5. The van der Waals surface area contributed by atoms with Crippen molar-refractivity contribution in [3.63, 3.8) is 0 Å². The van der Waals surface area contributed by atoms with Crippen molar-refractivity contribution in [1.82, 2.24) is 4.98 Å². The van der Waals surface area contributed by atoms with Crippen LogP contribution in [0.25, 0.3) is 0 Å². The average Bonchev–Trinajstić information content (AvgIpc) is 2.40. The zero-order valence-corrected chi connectivity index (χ0v) is 13.1. The summed E-state index contributed by atoms with van der Waals surface area (Å²) in [6.07, 6.45) is 1.46. The third-order valence-corrected chi connectivity index (χ3v) is 4.83. The van der Waals surface area contributed by atoms with Gasteiger partial charge in [0.25, 0.3) is 10.0 Å². The zero-order chi connectivity index (χ0) is 15.6. The van der Waals surface area contributed by atoms with Crippen LogP contribution in [0.1, 0.15) is 11.1 Å². The summed E-state index contributed by atoms with van der Waals surface area (Å²) >= 11 is 5.93. The van der Waals surface area contributed by atoms with Gasteiger partial charge in [0.15, 0.2) is 5.82 Å². The number of hydrogen-bond donors (Lipinski definition) is 3. The first-order valence-corrected chi connectivity index (χ1v) is 7.92. The first kappa shape index (κ1) is 15.6. The number of benzene rings is 1. The Balaban J connectivity index is 2.48. The Kier molecular flexibility index (Phi) is 4.36. The first-order valence-electron chi connectivity index (χ1n) is 6.06. The molecule has 6 nitrogen and oxygen atoms in total. The number of halogens is 1. The molecule has 0 aliphatic rings. The van der Waals surface area contributed by atoms with Gasteiger partial charge >= 0.3 is 0 Å². The van der Waals surface area contributed by atoms with Gasteiger partial charge in [-0.05, 0) is 49.2 Å². The lowest BCUT2D eigenvalue weighted by molar-refractivity contribution is 0.600. The third kappa shape index (κ3) is 3.26. The van der Waals surface area contributed by atoms with E-state index in [1.165, 1.54) is 6.20 Å². The van der Waals surface area contributed by atoms with E-state index in [0.717, 1.165) is 0 Å². The quantitative estimate of drug-likeness (QED) is 0.592. The summed E-state index contributed by atoms with van der Waals surface area (Å²) in [6, 6.07) is 6.50. The second kappa shape index (κ2) is 5.88. The minimum Gasteiger partial charge on any atom is -0.324 e. The van der Waals surface area contributed by atoms with Crippen molar-refractivity contribution in [3.05, 3.63) is 46.6 Å². The molecule has 0 radical (unpaired) electrons. The van der Waals surface area contributed by atoms with Crippen molar-refractivity contribution in [2.24, 2.45) is 5.84 Å². The lowest BCUT2D eigenvalue weighted by Gasteiger charge is -2.14. The van der Waals surface area contributed by atoms with Gasteiger partial charge in [0.05, 0.1) is 9.92 Å². The number of sulfonamides is 1. The molecule has 0 spiro atoms. The van der Waals surface area contributed by atoms with Gasteiger partial charge in [-0.1, -0.05) is 11.6 Å². The Labute approximate surface area is 128 Å². The van der Waals surface area contributed by atoms with Crippen molar-refractivity contribution >= 4 is 33.1 Å². The van der Waals surface area contributed by atoms with Crippen molar-refractivity contribution < 1.29 is 8.42 Å². The van der Waals surface area contributed by atoms with E-state index in [9.17, 15) is 8.42 Å². The molecule has 0 unspecified atom stereocenters. The lowest BCUT2D eigenvalue weighted by Crippen LogP contribution is -2.17. The maximum absolute atomic E-state index is 12.5. The van der Waals surface area contributed by atoms with E-state index in [1.807, 2.05) is 0 Å². The molecule has 21 heavy (non-hydrogen) atoms. The molecule has 2 aromatic rings. The Morgan fingerprint density at radius 2 is 1.86 bits per heavy atom. The number of aryl methyl sites for hydroxylation is 2. The van der Waals surface area contributed by atoms with Gasteiger partial charge in [-0.15, -0.1) is 0 Å². The number of hydrazine groups is 1. The van der Waals surface area contributed by atoms with Crippen LogP contribution in [0.4, 0.5) is 11.5 Å². The van der Waals surface area contributed by atoms with Crippen LogP contribution in [-0.4, -0.2) is 13.4 Å². The number of aromatic nitrogens is 1. The molecular weight excluding hydrogens is 312 g/mol. The summed E-state index contributed by atoms with van der Waals surface area (Å²) in [4.78, 5) is 4.11. The van der Waals surface area contributed by atoms with Crippen LogP contribution in [0.5, 0.6) is 0 Å². The highest BCUT2D eigenvalue weighted by Gasteiger charge is 2.21. The van der Waals surface area contributed by atoms with E-state index in [4.69, 9.17) is 17.4 Å². The topological polar surface area (TPSA) is 97.1 Å². The maximum Gasteiger partial charge on any atom is 0.263 e. The molecule has 0 aliphatic heterocycles. The summed E-state index contributed by atoms with van der Waals surface area (Å²) in [7, 11) is -3.79. The molecular formula is C13H15ClN4O2S. The Bertz CT molecular complexity index is 754. The number of nitrogens with zero attached hydrogens (tertiary/aromatic N) is 1. The molecule has 0 saturated heterocycles. The first-order chi connectivity index (χ1) is 9.85. The Hall–Kier alpha value is -1.83. The van der Waals surface area contributed by atoms with Crippen LogP contribution in [0.2, 0.25) is 5.02 Å². The van der Waals surface area contributed by atoms with E-state index in [2.05, 4.69) is 15.1 Å². The van der Waals surface area contributed by atoms with Crippen molar-refractivity contribution in [2.45, 2.75) is 18.7 Å². The van der Waals surface area contributed by atoms with Crippen LogP contribution in [-0.2, 0) is 10.0 Å². The number of nitrogens with two attached hydrogens (primary N) is 1. The maximum atomic E-state index is 12.5. The number of nitrogen functional groups attached to an aromatic ring is 1. The predicted molar refractivity (Wildman–Crippen MR) is 83.8 cm³/mol. The van der Waals surface area contributed by atoms with Gasteiger partial charge in [0.2, 0.25) is 0 Å². The number of hydrogen-bond acceptors (Lipinski definition) is 5. The molecule has 1 aromatic heterocycles. The molecule has 4 N–H and O–H groups in total. The normalized spacial score (nSPS) is 11.2. The smallest absolute Gasteiger partial charge is 0.263 e. The number of rotatable bonds is 4. The van der Waals surface area contributed by atoms with E-state index >= 15 is 0 Å². The van der Waals surface area contributed by atoms with E-state index < -0.39 is 10.0 Å². The monoisotopic (exact) mass is 326 g/mol. The van der Waals surface area contributed by atoms with Crippen LogP contribution in [0.3, 0.4) is 0 Å². The SMILES string of the molecule is Cc1cc(NN)cc(C)c1S(=O)(=O)Nc1ncccc1Cl. The number of pyridine rings is 1. The van der Waals surface area contributed by atoms with Crippen molar-refractivity contribution in [3.8, 4) is 0 Å². The summed E-state index contributed by atoms with van der Waals surface area (Å²) in [5.41, 5.74) is 4.28. The second-order valence-electron chi connectivity index (χ2n) is 4.52. The minimum atomic E-state index is -3.79. The summed E-state index contributed by atoms with van der Waals surface area (Å²) < 4.78 is 27.5. The van der Waals surface area contributed by atoms with Crippen LogP contribution >= 0.6 is 11.6 Å². The largest absolute Gasteiger partial charge is 0.324 e. The molecule has 1 aromatic carbocycles. The Morgan fingerprint density at radius 3 is 2.38 bits per heavy atom. The van der Waals surface area contributed by atoms with E-state index in [0.29, 0.717) is 16.8 Å². The summed E-state index contributed by atoms with van der Waals surface area (Å²) in [5.74, 6) is 5.44. The number of anilines is 2. The highest BCUT2D eigenvalue weighted by molar-refractivity contribution is 7.92. The van der Waals surface area contributed by atoms with E-state index in [-0.39, 0.29) is 15.7 Å². The van der Waals surface area contributed by atoms with Gasteiger partial charge in [0.1, 0.15) is 0 Å². The predicted octanol–water partition coefficient (Wildman–Crippen LogP) is 2.44. The molecule has 0 amide bonds. The standard InChI is InChI=1S/C13H15ClN4O2S/c1-8-6-10(17-15)7-9(2)12(8)21(19,20)18-13-11(14)4-3-5-16-13/h3-7,17H,15H2,1-2H3,(H,16,18). The van der Waals surface area contributed by atoms with Crippen LogP contribution in [0.15, 0.2) is 35.4 Å². The third-order valence-electron chi connectivity index (χ3n) is 2.89. The number of nitrogens with one attached hydrogen (secondary N) is 2. The molecule has 0 fully saturated rings. The van der Waals surface area contributed by atoms with Crippen molar-refractivity contribution in [2.75, 3.05) is 10.1 Å². The fraction of sp³-hybridized carbons (Fsp3) is 0.154. The van der Waals surface area contributed by atoms with Crippen LogP contribution in [0, 0.1) is 13.8 Å². The second-order valence-corrected chi connectivity index (χ2v) is 6.55. The fourth-order valence-electron chi connectivity index (χ4n) is 2.10. The molecule has 2 rings (SSSR count). The van der Waals surface area contributed by atoms with Gasteiger partial charge in [-0.3, -0.25) is 10.6 Å². The highest BCUT2D eigenvalue weighted by atomic mass is 35.5. The van der Waals surface area contributed by atoms with Gasteiger partial charge in [-0.2, -0.15) is 0 Å². The molecule has 1 heterocycles. The molecule has 0 saturated carbocycles. The molecule has 0 atom stereocenters.